The minimum Gasteiger partial charge on any atom is -0.363 e. The molecule has 8 nitrogen and oxygen atoms in total. The molecule has 6 atom stereocenters. The number of piperidine rings is 1. The van der Waals surface area contributed by atoms with Crippen LogP contribution in [0.3, 0.4) is 0 Å². The predicted octanol–water partition coefficient (Wildman–Crippen LogP) is 5.76. The molecule has 0 bridgehead atoms. The molecule has 2 saturated heterocycles. The second-order valence-corrected chi connectivity index (χ2v) is 15.9. The largest absolute Gasteiger partial charge is 0.363 e. The number of hydrogen-bond acceptors (Lipinski definition) is 6. The molecule has 8 heteroatoms. The summed E-state index contributed by atoms with van der Waals surface area (Å²) >= 11 is 0. The van der Waals surface area contributed by atoms with Crippen LogP contribution in [0, 0.1) is 46.8 Å². The fourth-order valence-corrected chi connectivity index (χ4v) is 9.30. The molecule has 5 aliphatic rings. The van der Waals surface area contributed by atoms with Crippen LogP contribution < -0.4 is 5.73 Å². The Bertz CT molecular complexity index is 1150. The Balaban J connectivity index is 1.34. The molecular formula is C37H56N2O6. The summed E-state index contributed by atoms with van der Waals surface area (Å²) in [5.74, 6) is -2.58. The lowest BCUT2D eigenvalue weighted by molar-refractivity contribution is -0.145. The molecule has 3 saturated carbocycles. The molecule has 2 heterocycles. The SMILES string of the molecule is CC1(C)[C@@H]2[C@H]3C(=O)C[C@H](C(=O)C(N)=O)CCCCCCCCC[C@H](CC(=O)C[C@H](C(=O)C4CC4)C4CCCCC4)C(=O)N3C[C@@H]21. The van der Waals surface area contributed by atoms with E-state index in [-0.39, 0.29) is 77.5 Å². The van der Waals surface area contributed by atoms with E-state index in [0.29, 0.717) is 19.4 Å². The molecule has 2 N–H and O–H groups in total. The molecule has 3 aliphatic carbocycles. The number of Topliss-reactive ketones (excluding diaryl/α,β-unsaturated/α-hetero) is 4. The third-order valence-corrected chi connectivity index (χ3v) is 12.3. The van der Waals surface area contributed by atoms with Crippen molar-refractivity contribution in [2.24, 2.45) is 52.6 Å². The van der Waals surface area contributed by atoms with Crippen molar-refractivity contribution in [3.05, 3.63) is 0 Å². The molecule has 45 heavy (non-hydrogen) atoms. The molecule has 5 rings (SSSR count). The second kappa shape index (κ2) is 14.6. The van der Waals surface area contributed by atoms with Crippen LogP contribution in [0.4, 0.5) is 0 Å². The topological polar surface area (TPSA) is 132 Å². The van der Waals surface area contributed by atoms with Gasteiger partial charge in [0.15, 0.2) is 5.78 Å². The number of primary amides is 1. The summed E-state index contributed by atoms with van der Waals surface area (Å²) in [5.41, 5.74) is 5.31. The summed E-state index contributed by atoms with van der Waals surface area (Å²) < 4.78 is 0. The number of hydrogen-bond donors (Lipinski definition) is 1. The second-order valence-electron chi connectivity index (χ2n) is 15.9. The fourth-order valence-electron chi connectivity index (χ4n) is 9.30. The number of nitrogens with zero attached hydrogens (tertiary/aromatic N) is 1. The van der Waals surface area contributed by atoms with Gasteiger partial charge in [-0.2, -0.15) is 0 Å². The van der Waals surface area contributed by atoms with Crippen molar-refractivity contribution >= 4 is 34.9 Å². The minimum absolute atomic E-state index is 0.00649. The van der Waals surface area contributed by atoms with Gasteiger partial charge in [0.2, 0.25) is 11.7 Å². The number of carbonyl (C=O) groups is 6. The maximum absolute atomic E-state index is 14.4. The smallest absolute Gasteiger partial charge is 0.285 e. The van der Waals surface area contributed by atoms with Gasteiger partial charge in [0.05, 0.1) is 6.04 Å². The van der Waals surface area contributed by atoms with Crippen LogP contribution >= 0.6 is 0 Å². The van der Waals surface area contributed by atoms with E-state index in [0.717, 1.165) is 83.5 Å². The van der Waals surface area contributed by atoms with Crippen LogP contribution in [-0.2, 0) is 28.8 Å². The zero-order chi connectivity index (χ0) is 32.3. The predicted molar refractivity (Wildman–Crippen MR) is 171 cm³/mol. The molecule has 0 aromatic rings. The average molecular weight is 625 g/mol. The standard InChI is InChI=1S/C37H56N2O6/c1-37(2)29-22-39-32(31(29)37)30(41)20-25(34(43)35(38)44)15-9-6-4-3-5-7-10-16-26(36(39)45)19-27(40)21-28(33(42)24-17-18-24)23-13-11-8-12-14-23/h23-26,28-29,31-32H,3-22H2,1-2H3,(H2,38,44)/t25-,26-,28+,29+,31+,32-/m1/s1. The van der Waals surface area contributed by atoms with Crippen LogP contribution in [0.2, 0.25) is 0 Å². The van der Waals surface area contributed by atoms with Crippen LogP contribution in [-0.4, -0.2) is 52.4 Å². The Hall–Kier alpha value is -2.38. The van der Waals surface area contributed by atoms with Crippen LogP contribution in [0.1, 0.15) is 136 Å². The lowest BCUT2D eigenvalue weighted by Gasteiger charge is -2.34. The van der Waals surface area contributed by atoms with E-state index < -0.39 is 29.6 Å². The van der Waals surface area contributed by atoms with Crippen molar-refractivity contribution in [3.63, 3.8) is 0 Å². The molecule has 0 spiro atoms. The zero-order valence-electron chi connectivity index (χ0n) is 27.7. The summed E-state index contributed by atoms with van der Waals surface area (Å²) in [6, 6.07) is -0.641. The molecule has 0 aromatic heterocycles. The van der Waals surface area contributed by atoms with Gasteiger partial charge in [-0.3, -0.25) is 28.8 Å². The fraction of sp³-hybridized carbons (Fsp3) is 0.838. The molecule has 2 aliphatic heterocycles. The van der Waals surface area contributed by atoms with Crippen molar-refractivity contribution in [3.8, 4) is 0 Å². The average Bonchev–Trinajstić information content (AvgIpc) is 3.90. The van der Waals surface area contributed by atoms with Gasteiger partial charge in [-0.05, 0) is 61.7 Å². The number of rotatable bonds is 9. The van der Waals surface area contributed by atoms with E-state index in [2.05, 4.69) is 13.8 Å². The van der Waals surface area contributed by atoms with Gasteiger partial charge in [-0.15, -0.1) is 0 Å². The number of carbonyl (C=O) groups excluding carboxylic acids is 6. The maximum atomic E-state index is 14.4. The van der Waals surface area contributed by atoms with Crippen molar-refractivity contribution in [1.82, 2.24) is 4.90 Å². The van der Waals surface area contributed by atoms with Crippen molar-refractivity contribution < 1.29 is 28.8 Å². The van der Waals surface area contributed by atoms with E-state index in [1.807, 2.05) is 0 Å². The first-order valence-corrected chi connectivity index (χ1v) is 18.2. The van der Waals surface area contributed by atoms with Gasteiger partial charge in [0.1, 0.15) is 11.6 Å². The Morgan fingerprint density at radius 2 is 1.38 bits per heavy atom. The highest BCUT2D eigenvalue weighted by Gasteiger charge is 2.69. The summed E-state index contributed by atoms with van der Waals surface area (Å²) in [5, 5.41) is 0. The van der Waals surface area contributed by atoms with E-state index in [4.69, 9.17) is 5.73 Å². The van der Waals surface area contributed by atoms with Crippen molar-refractivity contribution in [1.29, 1.82) is 0 Å². The minimum atomic E-state index is -1.00. The number of amides is 2. The van der Waals surface area contributed by atoms with Crippen LogP contribution in [0.15, 0.2) is 0 Å². The Morgan fingerprint density at radius 1 is 0.800 bits per heavy atom. The van der Waals surface area contributed by atoms with Gasteiger partial charge >= 0.3 is 0 Å². The Morgan fingerprint density at radius 3 is 2.00 bits per heavy atom. The molecule has 0 unspecified atom stereocenters. The summed E-state index contributed by atoms with van der Waals surface area (Å²) in [6.07, 6.45) is 15.3. The first kappa shape index (κ1) is 34.0. The van der Waals surface area contributed by atoms with Crippen molar-refractivity contribution in [2.75, 3.05) is 6.54 Å². The zero-order valence-corrected chi connectivity index (χ0v) is 27.7. The normalized spacial score (nSPS) is 32.3. The quantitative estimate of drug-likeness (QED) is 0.324. The van der Waals surface area contributed by atoms with Gasteiger partial charge in [0, 0.05) is 49.5 Å². The van der Waals surface area contributed by atoms with Crippen LogP contribution in [0.5, 0.6) is 0 Å². The number of ketones is 4. The number of fused-ring (bicyclic) bond motifs is 3. The van der Waals surface area contributed by atoms with Gasteiger partial charge in [0.25, 0.3) is 5.91 Å². The lowest BCUT2D eigenvalue weighted by Crippen LogP contribution is -2.49. The molecule has 5 fully saturated rings. The molecular weight excluding hydrogens is 568 g/mol. The molecule has 2 amide bonds. The molecule has 250 valence electrons. The van der Waals surface area contributed by atoms with Gasteiger partial charge in [-0.1, -0.05) is 78.1 Å². The van der Waals surface area contributed by atoms with Gasteiger partial charge in [-0.25, -0.2) is 0 Å². The number of nitrogens with two attached hydrogens (primary N) is 1. The van der Waals surface area contributed by atoms with E-state index in [9.17, 15) is 28.8 Å². The van der Waals surface area contributed by atoms with Gasteiger partial charge < -0.3 is 10.6 Å². The highest BCUT2D eigenvalue weighted by atomic mass is 16.2. The first-order valence-electron chi connectivity index (χ1n) is 18.2. The maximum Gasteiger partial charge on any atom is 0.285 e. The monoisotopic (exact) mass is 624 g/mol. The summed E-state index contributed by atoms with van der Waals surface area (Å²) in [7, 11) is 0. The van der Waals surface area contributed by atoms with E-state index in [1.54, 1.807) is 4.90 Å². The molecule has 0 aromatic carbocycles. The third kappa shape index (κ3) is 7.96. The summed E-state index contributed by atoms with van der Waals surface area (Å²) in [6.45, 7) is 4.74. The van der Waals surface area contributed by atoms with Crippen molar-refractivity contribution in [2.45, 2.75) is 142 Å². The lowest BCUT2D eigenvalue weighted by atomic mass is 9.74. The van der Waals surface area contributed by atoms with E-state index in [1.165, 1.54) is 6.42 Å². The third-order valence-electron chi connectivity index (χ3n) is 12.3. The molecule has 0 radical (unpaired) electrons. The Kier molecular flexibility index (Phi) is 11.0. The first-order chi connectivity index (χ1) is 21.5. The highest BCUT2D eigenvalue weighted by Crippen LogP contribution is 2.65. The Labute approximate surface area is 269 Å². The summed E-state index contributed by atoms with van der Waals surface area (Å²) in [4.78, 5) is 81.8. The van der Waals surface area contributed by atoms with E-state index >= 15 is 0 Å². The van der Waals surface area contributed by atoms with Crippen LogP contribution in [0.25, 0.3) is 0 Å². The highest BCUT2D eigenvalue weighted by molar-refractivity contribution is 6.36.